The molecule has 2 aromatic carbocycles. The van der Waals surface area contributed by atoms with E-state index in [2.05, 4.69) is 17.4 Å². The Balaban J connectivity index is 1.55. The van der Waals surface area contributed by atoms with Crippen LogP contribution in [0.2, 0.25) is 0 Å². The van der Waals surface area contributed by atoms with E-state index in [1.165, 1.54) is 11.1 Å². The van der Waals surface area contributed by atoms with E-state index in [9.17, 15) is 9.59 Å². The average Bonchev–Trinajstić information content (AvgIpc) is 3.06. The molecule has 0 unspecified atom stereocenters. The molecule has 1 saturated heterocycles. The van der Waals surface area contributed by atoms with Crippen LogP contribution in [0.15, 0.2) is 48.5 Å². The van der Waals surface area contributed by atoms with Gasteiger partial charge in [0.2, 0.25) is 5.91 Å². The van der Waals surface area contributed by atoms with Gasteiger partial charge in [0, 0.05) is 13.1 Å². The van der Waals surface area contributed by atoms with Crippen molar-refractivity contribution in [3.05, 3.63) is 70.8 Å². The van der Waals surface area contributed by atoms with Gasteiger partial charge in [-0.2, -0.15) is 0 Å². The van der Waals surface area contributed by atoms with E-state index in [1.807, 2.05) is 43.3 Å². The minimum atomic E-state index is -0.711. The standard InChI is InChI=1S/C22H24N2O3/c1-14-7-3-6-10-18(14)20-21(27-13-19(25)24(20)2)22(26)23-17-11-15-8-4-5-9-16(15)12-17/h3-10,17,20-21H,11-13H2,1-2H3,(H,23,26)/t20-,21+/m1/s1. The predicted octanol–water partition coefficient (Wildman–Crippen LogP) is 2.18. The number of rotatable bonds is 3. The summed E-state index contributed by atoms with van der Waals surface area (Å²) in [6.45, 7) is 1.92. The maximum absolute atomic E-state index is 13.1. The summed E-state index contributed by atoms with van der Waals surface area (Å²) >= 11 is 0. The zero-order valence-corrected chi connectivity index (χ0v) is 15.6. The van der Waals surface area contributed by atoms with Crippen molar-refractivity contribution in [1.82, 2.24) is 10.2 Å². The topological polar surface area (TPSA) is 58.6 Å². The van der Waals surface area contributed by atoms with E-state index in [-0.39, 0.29) is 24.5 Å². The zero-order chi connectivity index (χ0) is 19.0. The van der Waals surface area contributed by atoms with Crippen LogP contribution >= 0.6 is 0 Å². The molecule has 1 aliphatic carbocycles. The van der Waals surface area contributed by atoms with E-state index >= 15 is 0 Å². The Hall–Kier alpha value is -2.66. The number of carbonyl (C=O) groups is 2. The first-order chi connectivity index (χ1) is 13.0. The number of benzene rings is 2. The lowest BCUT2D eigenvalue weighted by atomic mass is 9.93. The Morgan fingerprint density at radius 1 is 1.07 bits per heavy atom. The number of fused-ring (bicyclic) bond motifs is 1. The maximum Gasteiger partial charge on any atom is 0.251 e. The molecule has 1 fully saturated rings. The molecule has 140 valence electrons. The molecule has 5 heteroatoms. The molecule has 2 amide bonds. The molecule has 2 aromatic rings. The minimum Gasteiger partial charge on any atom is -0.356 e. The van der Waals surface area contributed by atoms with Crippen LogP contribution in [0.5, 0.6) is 0 Å². The number of hydrogen-bond donors (Lipinski definition) is 1. The molecular weight excluding hydrogens is 340 g/mol. The third-order valence-electron chi connectivity index (χ3n) is 5.65. The fourth-order valence-electron chi connectivity index (χ4n) is 4.17. The molecule has 27 heavy (non-hydrogen) atoms. The van der Waals surface area contributed by atoms with Gasteiger partial charge in [-0.15, -0.1) is 0 Å². The van der Waals surface area contributed by atoms with Crippen LogP contribution in [0.4, 0.5) is 0 Å². The molecule has 0 saturated carbocycles. The molecule has 0 bridgehead atoms. The Morgan fingerprint density at radius 2 is 1.70 bits per heavy atom. The van der Waals surface area contributed by atoms with Crippen molar-refractivity contribution in [3.8, 4) is 0 Å². The van der Waals surface area contributed by atoms with Crippen molar-refractivity contribution in [2.75, 3.05) is 13.7 Å². The fourth-order valence-corrected chi connectivity index (χ4v) is 4.17. The van der Waals surface area contributed by atoms with Crippen molar-refractivity contribution in [1.29, 1.82) is 0 Å². The Bertz CT molecular complexity index is 854. The number of morpholine rings is 1. The van der Waals surface area contributed by atoms with Gasteiger partial charge in [0.25, 0.3) is 5.91 Å². The summed E-state index contributed by atoms with van der Waals surface area (Å²) in [5.41, 5.74) is 4.56. The van der Waals surface area contributed by atoms with E-state index < -0.39 is 12.1 Å². The molecule has 1 N–H and O–H groups in total. The van der Waals surface area contributed by atoms with Gasteiger partial charge in [-0.25, -0.2) is 0 Å². The largest absolute Gasteiger partial charge is 0.356 e. The van der Waals surface area contributed by atoms with Crippen LogP contribution in [0, 0.1) is 6.92 Å². The van der Waals surface area contributed by atoms with Crippen molar-refractivity contribution in [3.63, 3.8) is 0 Å². The minimum absolute atomic E-state index is 0.0676. The lowest BCUT2D eigenvalue weighted by Crippen LogP contribution is -2.54. The molecule has 1 aliphatic heterocycles. The number of nitrogens with zero attached hydrogens (tertiary/aromatic N) is 1. The van der Waals surface area contributed by atoms with Gasteiger partial charge >= 0.3 is 0 Å². The summed E-state index contributed by atoms with van der Waals surface area (Å²) < 4.78 is 5.73. The molecule has 0 aromatic heterocycles. The third-order valence-corrected chi connectivity index (χ3v) is 5.65. The van der Waals surface area contributed by atoms with E-state index in [0.29, 0.717) is 0 Å². The third kappa shape index (κ3) is 3.35. The summed E-state index contributed by atoms with van der Waals surface area (Å²) in [5, 5.41) is 3.15. The van der Waals surface area contributed by atoms with Gasteiger partial charge in [0.05, 0.1) is 6.04 Å². The van der Waals surface area contributed by atoms with Crippen molar-refractivity contribution in [2.24, 2.45) is 0 Å². The monoisotopic (exact) mass is 364 g/mol. The molecule has 4 rings (SSSR count). The number of likely N-dealkylation sites (N-methyl/N-ethyl adjacent to an activating group) is 1. The van der Waals surface area contributed by atoms with Gasteiger partial charge in [0.1, 0.15) is 6.61 Å². The predicted molar refractivity (Wildman–Crippen MR) is 102 cm³/mol. The number of nitrogens with one attached hydrogen (secondary N) is 1. The second-order valence-corrected chi connectivity index (χ2v) is 7.42. The van der Waals surface area contributed by atoms with Crippen LogP contribution in [-0.4, -0.2) is 42.5 Å². The van der Waals surface area contributed by atoms with Gasteiger partial charge in [-0.1, -0.05) is 48.5 Å². The second kappa shape index (κ2) is 7.16. The lowest BCUT2D eigenvalue weighted by molar-refractivity contribution is -0.162. The van der Waals surface area contributed by atoms with Crippen LogP contribution < -0.4 is 5.32 Å². The number of aryl methyl sites for hydroxylation is 1. The lowest BCUT2D eigenvalue weighted by Gasteiger charge is -2.39. The number of carbonyl (C=O) groups excluding carboxylic acids is 2. The highest BCUT2D eigenvalue weighted by molar-refractivity contribution is 5.86. The molecule has 2 aliphatic rings. The average molecular weight is 364 g/mol. The number of ether oxygens (including phenoxy) is 1. The molecule has 1 heterocycles. The first kappa shape index (κ1) is 17.7. The van der Waals surface area contributed by atoms with Crippen LogP contribution in [0.3, 0.4) is 0 Å². The quantitative estimate of drug-likeness (QED) is 0.908. The molecule has 0 radical (unpaired) electrons. The first-order valence-electron chi connectivity index (χ1n) is 9.34. The summed E-state index contributed by atoms with van der Waals surface area (Å²) in [5.74, 6) is -0.263. The maximum atomic E-state index is 13.1. The van der Waals surface area contributed by atoms with Crippen LogP contribution in [-0.2, 0) is 27.2 Å². The first-order valence-corrected chi connectivity index (χ1v) is 9.34. The smallest absolute Gasteiger partial charge is 0.251 e. The highest BCUT2D eigenvalue weighted by atomic mass is 16.5. The summed E-state index contributed by atoms with van der Waals surface area (Å²) in [6, 6.07) is 15.8. The summed E-state index contributed by atoms with van der Waals surface area (Å²) in [6.07, 6.45) is 0.953. The van der Waals surface area contributed by atoms with Crippen LogP contribution in [0.25, 0.3) is 0 Å². The normalized spacial score (nSPS) is 22.6. The second-order valence-electron chi connectivity index (χ2n) is 7.42. The van der Waals surface area contributed by atoms with Gasteiger partial charge in [-0.3, -0.25) is 9.59 Å². The molecule has 5 nitrogen and oxygen atoms in total. The van der Waals surface area contributed by atoms with E-state index in [1.54, 1.807) is 11.9 Å². The van der Waals surface area contributed by atoms with E-state index in [0.717, 1.165) is 24.0 Å². The van der Waals surface area contributed by atoms with Crippen molar-refractivity contribution >= 4 is 11.8 Å². The SMILES string of the molecule is Cc1ccccc1[C@@H]1[C@@H](C(=O)NC2Cc3ccccc3C2)OCC(=O)N1C. The van der Waals surface area contributed by atoms with Crippen molar-refractivity contribution in [2.45, 2.75) is 38.0 Å². The fraction of sp³-hybridized carbons (Fsp3) is 0.364. The molecular formula is C22H24N2O3. The van der Waals surface area contributed by atoms with Gasteiger partial charge in [-0.05, 0) is 42.0 Å². The number of hydrogen-bond acceptors (Lipinski definition) is 3. The summed E-state index contributed by atoms with van der Waals surface area (Å²) in [4.78, 5) is 26.9. The van der Waals surface area contributed by atoms with Gasteiger partial charge < -0.3 is 15.0 Å². The van der Waals surface area contributed by atoms with Gasteiger partial charge in [0.15, 0.2) is 6.10 Å². The van der Waals surface area contributed by atoms with Crippen LogP contribution in [0.1, 0.15) is 28.3 Å². The zero-order valence-electron chi connectivity index (χ0n) is 15.6. The molecule has 0 spiro atoms. The Kier molecular flexibility index (Phi) is 4.70. The van der Waals surface area contributed by atoms with Crippen molar-refractivity contribution < 1.29 is 14.3 Å². The highest BCUT2D eigenvalue weighted by Gasteiger charge is 2.41. The summed E-state index contributed by atoms with van der Waals surface area (Å²) in [7, 11) is 1.74. The number of amides is 2. The highest BCUT2D eigenvalue weighted by Crippen LogP contribution is 2.31. The van der Waals surface area contributed by atoms with E-state index in [4.69, 9.17) is 4.74 Å². The molecule has 2 atom stereocenters. The Morgan fingerprint density at radius 3 is 2.37 bits per heavy atom. The Labute approximate surface area is 159 Å².